The van der Waals surface area contributed by atoms with Crippen molar-refractivity contribution in [3.8, 4) is 17.2 Å². The van der Waals surface area contributed by atoms with E-state index in [0.29, 0.717) is 21.8 Å². The SMILES string of the molecule is COc1cc(C2NC(=S)N(C)C(C)=C2C(=O)c2ccccc2)cc(OC)c1O. The van der Waals surface area contributed by atoms with E-state index in [1.165, 1.54) is 14.2 Å². The second kappa shape index (κ2) is 7.90. The first-order valence-corrected chi connectivity index (χ1v) is 9.09. The van der Waals surface area contributed by atoms with Gasteiger partial charge in [-0.2, -0.15) is 0 Å². The Kier molecular flexibility index (Phi) is 5.56. The molecule has 28 heavy (non-hydrogen) atoms. The fourth-order valence-electron chi connectivity index (χ4n) is 3.21. The van der Waals surface area contributed by atoms with E-state index in [-0.39, 0.29) is 23.0 Å². The number of methoxy groups -OCH3 is 2. The van der Waals surface area contributed by atoms with Crippen LogP contribution in [0.2, 0.25) is 0 Å². The fourth-order valence-corrected chi connectivity index (χ4v) is 3.46. The Bertz CT molecular complexity index is 931. The van der Waals surface area contributed by atoms with Gasteiger partial charge in [0.15, 0.2) is 22.4 Å². The molecule has 0 aromatic heterocycles. The average molecular weight is 398 g/mol. The number of rotatable bonds is 5. The zero-order valence-electron chi connectivity index (χ0n) is 16.1. The summed E-state index contributed by atoms with van der Waals surface area (Å²) in [6, 6.07) is 11.9. The summed E-state index contributed by atoms with van der Waals surface area (Å²) in [7, 11) is 4.74. The van der Waals surface area contributed by atoms with Crippen molar-refractivity contribution in [2.75, 3.05) is 21.3 Å². The van der Waals surface area contributed by atoms with Gasteiger partial charge in [-0.15, -0.1) is 0 Å². The molecule has 0 spiro atoms. The van der Waals surface area contributed by atoms with Gasteiger partial charge in [-0.3, -0.25) is 4.79 Å². The Hall–Kier alpha value is -3.06. The molecule has 1 unspecified atom stereocenters. The molecule has 3 rings (SSSR count). The molecule has 2 N–H and O–H groups in total. The van der Waals surface area contributed by atoms with Crippen LogP contribution in [-0.2, 0) is 0 Å². The summed E-state index contributed by atoms with van der Waals surface area (Å²) >= 11 is 5.44. The van der Waals surface area contributed by atoms with Gasteiger partial charge in [0.2, 0.25) is 5.75 Å². The lowest BCUT2D eigenvalue weighted by atomic mass is 9.89. The van der Waals surface area contributed by atoms with Crippen molar-refractivity contribution in [3.05, 3.63) is 64.9 Å². The Morgan fingerprint density at radius 2 is 1.71 bits per heavy atom. The molecule has 0 radical (unpaired) electrons. The number of benzene rings is 2. The number of carbonyl (C=O) groups is 1. The van der Waals surface area contributed by atoms with E-state index in [1.807, 2.05) is 32.2 Å². The smallest absolute Gasteiger partial charge is 0.200 e. The minimum atomic E-state index is -0.514. The highest BCUT2D eigenvalue weighted by molar-refractivity contribution is 7.80. The summed E-state index contributed by atoms with van der Waals surface area (Å²) in [4.78, 5) is 15.1. The second-order valence-corrected chi connectivity index (χ2v) is 6.80. The van der Waals surface area contributed by atoms with Gasteiger partial charge in [-0.1, -0.05) is 30.3 Å². The summed E-state index contributed by atoms with van der Waals surface area (Å²) in [5.41, 5.74) is 2.61. The lowest BCUT2D eigenvalue weighted by molar-refractivity contribution is 0.102. The quantitative estimate of drug-likeness (QED) is 0.591. The number of ketones is 1. The van der Waals surface area contributed by atoms with Gasteiger partial charge in [-0.25, -0.2) is 0 Å². The summed E-state index contributed by atoms with van der Waals surface area (Å²) in [5, 5.41) is 13.9. The molecule has 1 aliphatic heterocycles. The number of ether oxygens (including phenoxy) is 2. The third-order valence-electron chi connectivity index (χ3n) is 4.87. The zero-order valence-corrected chi connectivity index (χ0v) is 17.0. The fraction of sp³-hybridized carbons (Fsp3) is 0.238. The number of thiocarbonyl (C=S) groups is 1. The van der Waals surface area contributed by atoms with E-state index >= 15 is 0 Å². The minimum Gasteiger partial charge on any atom is -0.502 e. The van der Waals surface area contributed by atoms with Crippen LogP contribution >= 0.6 is 12.2 Å². The monoisotopic (exact) mass is 398 g/mol. The number of hydrogen-bond donors (Lipinski definition) is 2. The highest BCUT2D eigenvalue weighted by Crippen LogP contribution is 2.41. The van der Waals surface area contributed by atoms with Crippen LogP contribution in [0.5, 0.6) is 17.2 Å². The Morgan fingerprint density at radius 1 is 1.14 bits per heavy atom. The van der Waals surface area contributed by atoms with Gasteiger partial charge < -0.3 is 24.8 Å². The first kappa shape index (κ1) is 19.7. The van der Waals surface area contributed by atoms with Crippen LogP contribution < -0.4 is 14.8 Å². The molecule has 0 fully saturated rings. The van der Waals surface area contributed by atoms with E-state index in [1.54, 1.807) is 29.2 Å². The molecule has 146 valence electrons. The van der Waals surface area contributed by atoms with Crippen molar-refractivity contribution in [3.63, 3.8) is 0 Å². The molecular weight excluding hydrogens is 376 g/mol. The molecule has 2 aromatic rings. The van der Waals surface area contributed by atoms with Gasteiger partial charge in [0.25, 0.3) is 0 Å². The third-order valence-corrected chi connectivity index (χ3v) is 5.26. The van der Waals surface area contributed by atoms with Crippen LogP contribution in [-0.4, -0.2) is 42.2 Å². The highest BCUT2D eigenvalue weighted by Gasteiger charge is 2.33. The zero-order chi connectivity index (χ0) is 20.4. The largest absolute Gasteiger partial charge is 0.502 e. The first-order chi connectivity index (χ1) is 13.4. The van der Waals surface area contributed by atoms with Crippen molar-refractivity contribution >= 4 is 23.1 Å². The maximum atomic E-state index is 13.3. The Labute approximate surface area is 169 Å². The molecule has 1 aliphatic rings. The number of Topliss-reactive ketones (excluding diaryl/α,β-unsaturated/α-hetero) is 1. The molecule has 6 nitrogen and oxygen atoms in total. The molecule has 1 heterocycles. The van der Waals surface area contributed by atoms with Gasteiger partial charge in [0.1, 0.15) is 0 Å². The normalized spacial score (nSPS) is 16.6. The predicted molar refractivity (Wildman–Crippen MR) is 111 cm³/mol. The predicted octanol–water partition coefficient (Wildman–Crippen LogP) is 3.43. The minimum absolute atomic E-state index is 0.0964. The van der Waals surface area contributed by atoms with Gasteiger partial charge in [0, 0.05) is 23.9 Å². The van der Waals surface area contributed by atoms with Gasteiger partial charge >= 0.3 is 0 Å². The standard InChI is InChI=1S/C21H22N2O4S/c1-12-17(19(24)13-8-6-5-7-9-13)18(22-21(28)23(12)2)14-10-15(26-3)20(25)16(11-14)27-4/h5-11,18,25H,1-4H3,(H,22,28). The molecular formula is C21H22N2O4S. The van der Waals surface area contributed by atoms with E-state index in [2.05, 4.69) is 5.32 Å². The van der Waals surface area contributed by atoms with Crippen LogP contribution in [0.25, 0.3) is 0 Å². The van der Waals surface area contributed by atoms with Crippen molar-refractivity contribution in [2.45, 2.75) is 13.0 Å². The summed E-state index contributed by atoms with van der Waals surface area (Å²) in [5.74, 6) is 0.312. The Balaban J connectivity index is 2.18. The molecule has 0 aliphatic carbocycles. The van der Waals surface area contributed by atoms with E-state index in [4.69, 9.17) is 21.7 Å². The molecule has 0 bridgehead atoms. The molecule has 1 atom stereocenters. The summed E-state index contributed by atoms with van der Waals surface area (Å²) in [6.45, 7) is 1.87. The topological polar surface area (TPSA) is 71.0 Å². The first-order valence-electron chi connectivity index (χ1n) is 8.68. The van der Waals surface area contributed by atoms with Crippen LogP contribution in [0, 0.1) is 0 Å². The maximum Gasteiger partial charge on any atom is 0.200 e. The number of carbonyl (C=O) groups excluding carboxylic acids is 1. The number of aromatic hydroxyl groups is 1. The van der Waals surface area contributed by atoms with Crippen LogP contribution in [0.1, 0.15) is 28.9 Å². The van der Waals surface area contributed by atoms with Crippen LogP contribution in [0.4, 0.5) is 0 Å². The number of phenols is 1. The molecule has 0 saturated carbocycles. The molecule has 7 heteroatoms. The van der Waals surface area contributed by atoms with Crippen molar-refractivity contribution in [1.82, 2.24) is 10.2 Å². The number of hydrogen-bond acceptors (Lipinski definition) is 5. The van der Waals surface area contributed by atoms with Crippen molar-refractivity contribution in [1.29, 1.82) is 0 Å². The molecule has 0 amide bonds. The number of nitrogens with one attached hydrogen (secondary N) is 1. The number of phenolic OH excluding ortho intramolecular Hbond substituents is 1. The van der Waals surface area contributed by atoms with Crippen molar-refractivity contribution in [2.24, 2.45) is 0 Å². The second-order valence-electron chi connectivity index (χ2n) is 6.41. The van der Waals surface area contributed by atoms with E-state index in [0.717, 1.165) is 5.70 Å². The number of nitrogens with zero attached hydrogens (tertiary/aromatic N) is 1. The molecule has 2 aromatic carbocycles. The van der Waals surface area contributed by atoms with Gasteiger partial charge in [-0.05, 0) is 36.8 Å². The summed E-state index contributed by atoms with van der Waals surface area (Å²) < 4.78 is 10.5. The Morgan fingerprint density at radius 3 is 2.25 bits per heavy atom. The third kappa shape index (κ3) is 3.41. The highest BCUT2D eigenvalue weighted by atomic mass is 32.1. The maximum absolute atomic E-state index is 13.3. The lowest BCUT2D eigenvalue weighted by Crippen LogP contribution is -2.45. The van der Waals surface area contributed by atoms with Gasteiger partial charge in [0.05, 0.1) is 20.3 Å². The van der Waals surface area contributed by atoms with Crippen molar-refractivity contribution < 1.29 is 19.4 Å². The average Bonchev–Trinajstić information content (AvgIpc) is 2.72. The van der Waals surface area contributed by atoms with Crippen LogP contribution in [0.3, 0.4) is 0 Å². The van der Waals surface area contributed by atoms with Crippen LogP contribution in [0.15, 0.2) is 53.7 Å². The number of allylic oxidation sites excluding steroid dienone is 1. The van der Waals surface area contributed by atoms with E-state index < -0.39 is 6.04 Å². The lowest BCUT2D eigenvalue weighted by Gasteiger charge is -2.36. The summed E-state index contributed by atoms with van der Waals surface area (Å²) in [6.07, 6.45) is 0. The molecule has 0 saturated heterocycles. The van der Waals surface area contributed by atoms with E-state index in [9.17, 15) is 9.90 Å².